The first kappa shape index (κ1) is 24.3. The Kier molecular flexibility index (Phi) is 6.48. The van der Waals surface area contributed by atoms with E-state index in [1.165, 1.54) is 0 Å². The zero-order chi connectivity index (χ0) is 23.8. The number of anilines is 1. The van der Waals surface area contributed by atoms with Gasteiger partial charge in [0, 0.05) is 6.42 Å². The number of hydrogen-bond acceptors (Lipinski definition) is 6. The first-order valence-electron chi connectivity index (χ1n) is 9.41. The molecule has 0 saturated carbocycles. The number of rotatable bonds is 2. The number of hydroxylamine groups is 1. The van der Waals surface area contributed by atoms with Crippen LogP contribution in [0.3, 0.4) is 0 Å². The molecule has 0 radical (unpaired) electrons. The van der Waals surface area contributed by atoms with Crippen LogP contribution in [-0.2, 0) is 31.7 Å². The Morgan fingerprint density at radius 3 is 2.13 bits per heavy atom. The summed E-state index contributed by atoms with van der Waals surface area (Å²) in [4.78, 5) is 42.1. The highest BCUT2D eigenvalue weighted by Gasteiger charge is 2.40. The van der Waals surface area contributed by atoms with Gasteiger partial charge < -0.3 is 14.8 Å². The van der Waals surface area contributed by atoms with Crippen LogP contribution in [0, 0.1) is 0 Å². The maximum Gasteiger partial charge on any atom is 0.534 e. The molecule has 1 aliphatic rings. The number of halogens is 3. The molecule has 1 aromatic rings. The Morgan fingerprint density at radius 1 is 1.03 bits per heavy atom. The molecule has 0 fully saturated rings. The van der Waals surface area contributed by atoms with Gasteiger partial charge in [-0.25, -0.2) is 9.59 Å². The average molecular weight is 446 g/mol. The fourth-order valence-corrected chi connectivity index (χ4v) is 2.69. The number of alkyl halides is 3. The summed E-state index contributed by atoms with van der Waals surface area (Å²) in [6, 6.07) is 1.29. The van der Waals surface area contributed by atoms with Crippen LogP contribution in [0.25, 0.3) is 0 Å². The molecule has 1 N–H and O–H groups in total. The van der Waals surface area contributed by atoms with Gasteiger partial charge >= 0.3 is 18.4 Å². The van der Waals surface area contributed by atoms with Crippen molar-refractivity contribution in [3.63, 3.8) is 0 Å². The van der Waals surface area contributed by atoms with Crippen molar-refractivity contribution in [1.29, 1.82) is 0 Å². The number of ether oxygens (including phenoxy) is 2. The van der Waals surface area contributed by atoms with E-state index in [-0.39, 0.29) is 17.7 Å². The predicted molar refractivity (Wildman–Crippen MR) is 103 cm³/mol. The average Bonchev–Trinajstić information content (AvgIpc) is 2.53. The summed E-state index contributed by atoms with van der Waals surface area (Å²) >= 11 is 0. The number of carbonyl (C=O) groups is 3. The molecule has 2 rings (SSSR count). The minimum absolute atomic E-state index is 0.0408. The summed E-state index contributed by atoms with van der Waals surface area (Å²) in [6.45, 7) is 9.54. The third kappa shape index (κ3) is 6.76. The second-order valence-electron chi connectivity index (χ2n) is 8.93. The quantitative estimate of drug-likeness (QED) is 0.679. The van der Waals surface area contributed by atoms with Crippen molar-refractivity contribution in [3.8, 4) is 0 Å². The van der Waals surface area contributed by atoms with Crippen molar-refractivity contribution in [2.45, 2.75) is 71.4 Å². The van der Waals surface area contributed by atoms with Crippen LogP contribution in [0.5, 0.6) is 0 Å². The van der Waals surface area contributed by atoms with Crippen LogP contribution in [0.1, 0.15) is 52.7 Å². The van der Waals surface area contributed by atoms with Gasteiger partial charge in [-0.3, -0.25) is 9.63 Å². The Bertz CT molecular complexity index is 871. The van der Waals surface area contributed by atoms with E-state index in [4.69, 9.17) is 14.3 Å². The maximum atomic E-state index is 13.1. The lowest BCUT2D eigenvalue weighted by Crippen LogP contribution is -2.54. The van der Waals surface area contributed by atoms with Gasteiger partial charge in [0.25, 0.3) is 5.91 Å². The lowest BCUT2D eigenvalue weighted by atomic mass is 9.96. The molecule has 0 saturated heterocycles. The number of amides is 2. The van der Waals surface area contributed by atoms with Crippen LogP contribution in [0.4, 0.5) is 28.4 Å². The number of nitrogens with one attached hydrogen (secondary N) is 1. The van der Waals surface area contributed by atoms with Gasteiger partial charge in [-0.15, -0.1) is 5.06 Å². The second kappa shape index (κ2) is 8.27. The third-order valence-corrected chi connectivity index (χ3v) is 3.79. The fourth-order valence-electron chi connectivity index (χ4n) is 2.69. The zero-order valence-electron chi connectivity index (χ0n) is 18.0. The second-order valence-corrected chi connectivity index (χ2v) is 8.93. The van der Waals surface area contributed by atoms with Gasteiger partial charge in [-0.1, -0.05) is 0 Å². The van der Waals surface area contributed by atoms with E-state index in [0.717, 1.165) is 18.2 Å². The Morgan fingerprint density at radius 2 is 1.61 bits per heavy atom. The van der Waals surface area contributed by atoms with Gasteiger partial charge in [-0.2, -0.15) is 13.2 Å². The topological polar surface area (TPSA) is 94.2 Å². The number of benzene rings is 1. The minimum Gasteiger partial charge on any atom is -0.444 e. The molecule has 1 atom stereocenters. The van der Waals surface area contributed by atoms with Crippen LogP contribution in [0.15, 0.2) is 18.2 Å². The highest BCUT2D eigenvalue weighted by Crippen LogP contribution is 2.36. The van der Waals surface area contributed by atoms with E-state index in [1.54, 1.807) is 41.5 Å². The lowest BCUT2D eigenvalue weighted by molar-refractivity contribution is -0.137. The molecule has 2 amide bonds. The van der Waals surface area contributed by atoms with Crippen molar-refractivity contribution in [1.82, 2.24) is 5.32 Å². The molecular weight excluding hydrogens is 421 g/mol. The van der Waals surface area contributed by atoms with Crippen molar-refractivity contribution in [2.75, 3.05) is 5.06 Å². The molecule has 11 heteroatoms. The summed E-state index contributed by atoms with van der Waals surface area (Å²) in [5.41, 5.74) is -2.78. The van der Waals surface area contributed by atoms with E-state index >= 15 is 0 Å². The molecule has 172 valence electrons. The Balaban J connectivity index is 2.37. The molecule has 31 heavy (non-hydrogen) atoms. The first-order valence-corrected chi connectivity index (χ1v) is 9.41. The van der Waals surface area contributed by atoms with Gasteiger partial charge in [0.1, 0.15) is 17.2 Å². The van der Waals surface area contributed by atoms with E-state index in [2.05, 4.69) is 5.32 Å². The summed E-state index contributed by atoms with van der Waals surface area (Å²) in [6.07, 6.45) is -7.06. The summed E-state index contributed by atoms with van der Waals surface area (Å²) in [5.74, 6) is -0.871. The molecule has 0 spiro atoms. The van der Waals surface area contributed by atoms with Crippen molar-refractivity contribution in [3.05, 3.63) is 29.3 Å². The minimum atomic E-state index is -4.62. The van der Waals surface area contributed by atoms with Crippen molar-refractivity contribution >= 4 is 23.8 Å². The molecule has 8 nitrogen and oxygen atoms in total. The standard InChI is InChI=1S/C20H25F3N2O6/c1-18(2,3)29-16(27)24-13-10-11-9-12(20(21,22)23)7-8-14(11)25(15(13)26)31-17(28)30-19(4,5)6/h7-9,13H,10H2,1-6H3,(H,24,27). The van der Waals surface area contributed by atoms with Gasteiger partial charge in [-0.05, 0) is 65.3 Å². The highest BCUT2D eigenvalue weighted by molar-refractivity contribution is 6.01. The van der Waals surface area contributed by atoms with Crippen molar-refractivity contribution < 1.29 is 41.9 Å². The Hall–Kier alpha value is -2.98. The van der Waals surface area contributed by atoms with E-state index in [9.17, 15) is 27.6 Å². The normalized spacial score (nSPS) is 17.0. The number of carbonyl (C=O) groups excluding carboxylic acids is 3. The third-order valence-electron chi connectivity index (χ3n) is 3.79. The molecule has 1 aromatic carbocycles. The largest absolute Gasteiger partial charge is 0.534 e. The molecule has 0 aromatic heterocycles. The van der Waals surface area contributed by atoms with E-state index in [0.29, 0.717) is 5.06 Å². The zero-order valence-corrected chi connectivity index (χ0v) is 18.0. The Labute approximate surface area is 177 Å². The van der Waals surface area contributed by atoms with Gasteiger partial charge in [0.05, 0.1) is 11.3 Å². The summed E-state index contributed by atoms with van der Waals surface area (Å²) < 4.78 is 49.6. The lowest BCUT2D eigenvalue weighted by Gasteiger charge is -2.33. The number of nitrogens with zero attached hydrogens (tertiary/aromatic N) is 1. The smallest absolute Gasteiger partial charge is 0.444 e. The monoisotopic (exact) mass is 446 g/mol. The molecule has 1 heterocycles. The fraction of sp³-hybridized carbons (Fsp3) is 0.550. The van der Waals surface area contributed by atoms with E-state index < -0.39 is 47.1 Å². The number of alkyl carbamates (subject to hydrolysis) is 1. The summed E-state index contributed by atoms with van der Waals surface area (Å²) in [5, 5.41) is 2.83. The van der Waals surface area contributed by atoms with Gasteiger partial charge in [0.15, 0.2) is 0 Å². The highest BCUT2D eigenvalue weighted by atomic mass is 19.4. The number of hydrogen-bond donors (Lipinski definition) is 1. The molecule has 0 bridgehead atoms. The molecular formula is C20H25F3N2O6. The van der Waals surface area contributed by atoms with Crippen LogP contribution in [-0.4, -0.2) is 35.4 Å². The predicted octanol–water partition coefficient (Wildman–Crippen LogP) is 4.35. The van der Waals surface area contributed by atoms with Crippen LogP contribution < -0.4 is 10.4 Å². The van der Waals surface area contributed by atoms with E-state index in [1.807, 2.05) is 0 Å². The maximum absolute atomic E-state index is 13.1. The SMILES string of the molecule is CC(C)(C)OC(=O)NC1Cc2cc(C(F)(F)F)ccc2N(OC(=O)OC(C)(C)C)C1=O. The van der Waals surface area contributed by atoms with Crippen LogP contribution >= 0.6 is 0 Å². The van der Waals surface area contributed by atoms with Crippen LogP contribution in [0.2, 0.25) is 0 Å². The molecule has 1 unspecified atom stereocenters. The molecule has 1 aliphatic heterocycles. The molecule has 0 aliphatic carbocycles. The van der Waals surface area contributed by atoms with Gasteiger partial charge in [0.2, 0.25) is 0 Å². The van der Waals surface area contributed by atoms with Crippen molar-refractivity contribution in [2.24, 2.45) is 0 Å². The first-order chi connectivity index (χ1) is 14.0. The summed E-state index contributed by atoms with van der Waals surface area (Å²) in [7, 11) is 0. The number of fused-ring (bicyclic) bond motifs is 1.